The van der Waals surface area contributed by atoms with Crippen LogP contribution < -0.4 is 4.74 Å². The summed E-state index contributed by atoms with van der Waals surface area (Å²) in [6.45, 7) is 1.36. The molecule has 0 N–H and O–H groups in total. The maximum Gasteiger partial charge on any atom is 0.419 e. The van der Waals surface area contributed by atoms with Crippen LogP contribution in [0.4, 0.5) is 26.3 Å². The first-order chi connectivity index (χ1) is 8.11. The smallest absolute Gasteiger partial charge is 0.419 e. The zero-order valence-electron chi connectivity index (χ0n) is 9.54. The second kappa shape index (κ2) is 4.70. The molecule has 0 spiro atoms. The zero-order chi connectivity index (χ0) is 14.1. The molecule has 0 bridgehead atoms. The first-order valence-corrected chi connectivity index (χ1v) is 4.96. The molecule has 0 aliphatic carbocycles. The first kappa shape index (κ1) is 14.7. The van der Waals surface area contributed by atoms with Gasteiger partial charge in [-0.15, -0.1) is 0 Å². The second-order valence-electron chi connectivity index (χ2n) is 3.56. The van der Waals surface area contributed by atoms with E-state index in [1.165, 1.54) is 6.92 Å². The van der Waals surface area contributed by atoms with Crippen molar-refractivity contribution in [2.45, 2.75) is 25.7 Å². The maximum atomic E-state index is 12.6. The maximum absolute atomic E-state index is 12.6. The van der Waals surface area contributed by atoms with Gasteiger partial charge in [-0.05, 0) is 24.1 Å². The van der Waals surface area contributed by atoms with Gasteiger partial charge in [0.1, 0.15) is 5.75 Å². The lowest BCUT2D eigenvalue weighted by atomic mass is 10.00. The molecule has 7 heteroatoms. The second-order valence-corrected chi connectivity index (χ2v) is 3.56. The number of alkyl halides is 6. The van der Waals surface area contributed by atoms with Crippen LogP contribution in [0.15, 0.2) is 12.1 Å². The van der Waals surface area contributed by atoms with Crippen LogP contribution in [-0.2, 0) is 18.8 Å². The SMILES string of the molecule is CCc1cc(C(F)(F)F)c(OC)cc1C(F)(F)F. The van der Waals surface area contributed by atoms with Crippen LogP contribution in [0.25, 0.3) is 0 Å². The molecule has 0 fully saturated rings. The van der Waals surface area contributed by atoms with E-state index in [0.717, 1.165) is 7.11 Å². The fraction of sp³-hybridized carbons (Fsp3) is 0.455. The summed E-state index contributed by atoms with van der Waals surface area (Å²) in [7, 11) is 0.899. The molecule has 0 unspecified atom stereocenters. The molecule has 0 heterocycles. The van der Waals surface area contributed by atoms with Gasteiger partial charge in [0.05, 0.1) is 18.2 Å². The Bertz CT molecular complexity index is 391. The van der Waals surface area contributed by atoms with E-state index in [1.807, 2.05) is 0 Å². The predicted octanol–water partition coefficient (Wildman–Crippen LogP) is 4.30. The molecule has 1 aromatic carbocycles. The minimum atomic E-state index is -4.75. The molecule has 0 atom stereocenters. The minimum absolute atomic E-state index is 0.151. The number of hydrogen-bond acceptors (Lipinski definition) is 1. The number of rotatable bonds is 2. The van der Waals surface area contributed by atoms with Crippen LogP contribution in [-0.4, -0.2) is 7.11 Å². The van der Waals surface area contributed by atoms with Crippen molar-refractivity contribution in [3.63, 3.8) is 0 Å². The lowest BCUT2D eigenvalue weighted by Crippen LogP contribution is -2.14. The van der Waals surface area contributed by atoms with Crippen LogP contribution in [0.2, 0.25) is 0 Å². The number of benzene rings is 1. The summed E-state index contributed by atoms with van der Waals surface area (Å²) in [5, 5.41) is 0. The van der Waals surface area contributed by atoms with Crippen molar-refractivity contribution >= 4 is 0 Å². The minimum Gasteiger partial charge on any atom is -0.496 e. The standard InChI is InChI=1S/C11H10F6O/c1-3-6-4-8(11(15,16)17)9(18-2)5-7(6)10(12,13)14/h4-5H,3H2,1-2H3. The third-order valence-electron chi connectivity index (χ3n) is 2.42. The number of halogens is 6. The quantitative estimate of drug-likeness (QED) is 0.729. The summed E-state index contributed by atoms with van der Waals surface area (Å²) < 4.78 is 80.2. The van der Waals surface area contributed by atoms with E-state index in [1.54, 1.807) is 0 Å². The molecule has 0 saturated carbocycles. The fourth-order valence-electron chi connectivity index (χ4n) is 1.57. The van der Waals surface area contributed by atoms with Gasteiger partial charge in [0, 0.05) is 0 Å². The summed E-state index contributed by atoms with van der Waals surface area (Å²) >= 11 is 0. The predicted molar refractivity (Wildman–Crippen MR) is 52.4 cm³/mol. The average Bonchev–Trinajstić information content (AvgIpc) is 2.24. The van der Waals surface area contributed by atoms with Crippen molar-refractivity contribution in [2.75, 3.05) is 7.11 Å². The number of ether oxygens (including phenoxy) is 1. The molecule has 0 aliphatic heterocycles. The Morgan fingerprint density at radius 2 is 1.44 bits per heavy atom. The highest BCUT2D eigenvalue weighted by Gasteiger charge is 2.39. The van der Waals surface area contributed by atoms with Gasteiger partial charge in [0.2, 0.25) is 0 Å². The Morgan fingerprint density at radius 3 is 1.78 bits per heavy atom. The van der Waals surface area contributed by atoms with Crippen LogP contribution in [0.5, 0.6) is 5.75 Å². The van der Waals surface area contributed by atoms with E-state index in [4.69, 9.17) is 0 Å². The van der Waals surface area contributed by atoms with Crippen molar-refractivity contribution < 1.29 is 31.1 Å². The molecule has 18 heavy (non-hydrogen) atoms. The molecule has 0 radical (unpaired) electrons. The normalized spacial score (nSPS) is 12.7. The highest BCUT2D eigenvalue weighted by Crippen LogP contribution is 2.42. The first-order valence-electron chi connectivity index (χ1n) is 4.96. The highest BCUT2D eigenvalue weighted by atomic mass is 19.4. The van der Waals surface area contributed by atoms with E-state index in [0.29, 0.717) is 12.1 Å². The van der Waals surface area contributed by atoms with Crippen LogP contribution in [0.3, 0.4) is 0 Å². The molecule has 0 saturated heterocycles. The Balaban J connectivity index is 3.52. The molecule has 0 amide bonds. The number of hydrogen-bond donors (Lipinski definition) is 0. The summed E-state index contributed by atoms with van der Waals surface area (Å²) in [5.74, 6) is -0.827. The molecule has 0 aromatic heterocycles. The van der Waals surface area contributed by atoms with Crippen molar-refractivity contribution in [3.05, 3.63) is 28.8 Å². The Kier molecular flexibility index (Phi) is 3.83. The van der Waals surface area contributed by atoms with Gasteiger partial charge < -0.3 is 4.74 Å². The summed E-state index contributed by atoms with van der Waals surface area (Å²) in [4.78, 5) is 0. The average molecular weight is 272 g/mol. The largest absolute Gasteiger partial charge is 0.496 e. The summed E-state index contributed by atoms with van der Waals surface area (Å²) in [6, 6.07) is 0.878. The van der Waals surface area contributed by atoms with E-state index >= 15 is 0 Å². The van der Waals surface area contributed by atoms with Crippen molar-refractivity contribution in [1.29, 1.82) is 0 Å². The van der Waals surface area contributed by atoms with Gasteiger partial charge >= 0.3 is 12.4 Å². The molecule has 102 valence electrons. The van der Waals surface area contributed by atoms with Gasteiger partial charge in [-0.25, -0.2) is 0 Å². The summed E-state index contributed by atoms with van der Waals surface area (Å²) in [5.41, 5.74) is -2.71. The van der Waals surface area contributed by atoms with Crippen LogP contribution in [0.1, 0.15) is 23.6 Å². The molecule has 1 aromatic rings. The van der Waals surface area contributed by atoms with Gasteiger partial charge in [-0.2, -0.15) is 26.3 Å². The van der Waals surface area contributed by atoms with Crippen LogP contribution >= 0.6 is 0 Å². The third-order valence-corrected chi connectivity index (χ3v) is 2.42. The molecular formula is C11H10F6O. The third kappa shape index (κ3) is 2.88. The van der Waals surface area contributed by atoms with Crippen LogP contribution in [0, 0.1) is 0 Å². The highest BCUT2D eigenvalue weighted by molar-refractivity contribution is 5.45. The van der Waals surface area contributed by atoms with Crippen molar-refractivity contribution in [1.82, 2.24) is 0 Å². The Labute approximate surface area is 99.4 Å². The van der Waals surface area contributed by atoms with Gasteiger partial charge in [0.25, 0.3) is 0 Å². The van der Waals surface area contributed by atoms with Crippen molar-refractivity contribution in [3.8, 4) is 5.75 Å². The van der Waals surface area contributed by atoms with E-state index in [2.05, 4.69) is 4.74 Å². The van der Waals surface area contributed by atoms with E-state index in [-0.39, 0.29) is 6.42 Å². The lowest BCUT2D eigenvalue weighted by molar-refractivity contribution is -0.142. The number of aryl methyl sites for hydroxylation is 1. The van der Waals surface area contributed by atoms with Gasteiger partial charge in [-0.3, -0.25) is 0 Å². The van der Waals surface area contributed by atoms with Gasteiger partial charge in [0.15, 0.2) is 0 Å². The summed E-state index contributed by atoms with van der Waals surface area (Å²) in [6.07, 6.45) is -9.61. The lowest BCUT2D eigenvalue weighted by Gasteiger charge is -2.18. The van der Waals surface area contributed by atoms with Crippen molar-refractivity contribution in [2.24, 2.45) is 0 Å². The zero-order valence-corrected chi connectivity index (χ0v) is 9.54. The number of methoxy groups -OCH3 is 1. The Morgan fingerprint density at radius 1 is 0.944 bits per heavy atom. The van der Waals surface area contributed by atoms with Gasteiger partial charge in [-0.1, -0.05) is 6.92 Å². The molecule has 0 aliphatic rings. The fourth-order valence-corrected chi connectivity index (χ4v) is 1.57. The Hall–Kier alpha value is -1.40. The monoisotopic (exact) mass is 272 g/mol. The molecule has 1 rings (SSSR count). The molecule has 1 nitrogen and oxygen atoms in total. The molecular weight excluding hydrogens is 262 g/mol. The topological polar surface area (TPSA) is 9.23 Å². The van der Waals surface area contributed by atoms with E-state index < -0.39 is 34.8 Å². The van der Waals surface area contributed by atoms with E-state index in [9.17, 15) is 26.3 Å².